The van der Waals surface area contributed by atoms with Crippen LogP contribution in [0.5, 0.6) is 0 Å². The average molecular weight is 370 g/mol. The van der Waals surface area contributed by atoms with Gasteiger partial charge < -0.3 is 4.90 Å². The first kappa shape index (κ1) is 17.5. The third-order valence-corrected chi connectivity index (χ3v) is 6.05. The molecule has 0 aliphatic carbocycles. The highest BCUT2D eigenvalue weighted by molar-refractivity contribution is 6.30. The molecule has 0 saturated carbocycles. The number of amides is 1. The average Bonchev–Trinajstić information content (AvgIpc) is 3.05. The molecule has 2 saturated heterocycles. The van der Waals surface area contributed by atoms with Gasteiger partial charge in [0.15, 0.2) is 0 Å². The fraction of sp³-hybridized carbons (Fsp3) is 0.429. The van der Waals surface area contributed by atoms with Gasteiger partial charge in [-0.1, -0.05) is 23.7 Å². The number of hydrogen-bond donors (Lipinski definition) is 0. The van der Waals surface area contributed by atoms with Crippen molar-refractivity contribution in [3.8, 4) is 0 Å². The van der Waals surface area contributed by atoms with Crippen molar-refractivity contribution in [2.75, 3.05) is 19.6 Å². The molecule has 1 spiro atoms. The van der Waals surface area contributed by atoms with Gasteiger partial charge in [0, 0.05) is 48.2 Å². The molecule has 0 N–H and O–H groups in total. The summed E-state index contributed by atoms with van der Waals surface area (Å²) in [6.45, 7) is 3.69. The molecule has 1 unspecified atom stereocenters. The van der Waals surface area contributed by atoms with Crippen LogP contribution in [0.2, 0.25) is 5.02 Å². The van der Waals surface area contributed by atoms with Crippen LogP contribution in [0.3, 0.4) is 0 Å². The second kappa shape index (κ2) is 7.37. The van der Waals surface area contributed by atoms with E-state index in [-0.39, 0.29) is 11.4 Å². The van der Waals surface area contributed by atoms with Crippen LogP contribution < -0.4 is 0 Å². The van der Waals surface area contributed by atoms with Gasteiger partial charge in [-0.25, -0.2) is 0 Å². The monoisotopic (exact) mass is 369 g/mol. The number of pyridine rings is 1. The summed E-state index contributed by atoms with van der Waals surface area (Å²) in [6.07, 6.45) is 7.98. The molecule has 26 heavy (non-hydrogen) atoms. The molecule has 2 aliphatic rings. The van der Waals surface area contributed by atoms with Gasteiger partial charge in [-0.05, 0) is 62.1 Å². The van der Waals surface area contributed by atoms with Gasteiger partial charge in [0.2, 0.25) is 0 Å². The summed E-state index contributed by atoms with van der Waals surface area (Å²) in [6, 6.07) is 11.8. The number of benzene rings is 1. The fourth-order valence-corrected chi connectivity index (χ4v) is 4.60. The number of carbonyl (C=O) groups is 1. The molecule has 3 heterocycles. The normalized spacial score (nSPS) is 23.5. The lowest BCUT2D eigenvalue weighted by Gasteiger charge is -2.46. The van der Waals surface area contributed by atoms with Crippen molar-refractivity contribution in [2.45, 2.75) is 37.8 Å². The Bertz CT molecular complexity index is 765. The molecule has 2 aromatic rings. The Kier molecular flexibility index (Phi) is 4.96. The number of nitrogens with zero attached hydrogens (tertiary/aromatic N) is 3. The number of aromatic nitrogens is 1. The number of carbonyl (C=O) groups excluding carboxylic acids is 1. The van der Waals surface area contributed by atoms with Gasteiger partial charge in [0.05, 0.1) is 0 Å². The molecule has 1 aromatic carbocycles. The molecule has 136 valence electrons. The third kappa shape index (κ3) is 3.49. The Balaban J connectivity index is 1.51. The summed E-state index contributed by atoms with van der Waals surface area (Å²) >= 11 is 6.02. The molecule has 4 rings (SSSR count). The highest BCUT2D eigenvalue weighted by Gasteiger charge is 2.44. The molecule has 1 aromatic heterocycles. The molecule has 5 heteroatoms. The van der Waals surface area contributed by atoms with Gasteiger partial charge in [0.25, 0.3) is 5.91 Å². The molecule has 2 aliphatic heterocycles. The lowest BCUT2D eigenvalue weighted by Crippen LogP contribution is -2.56. The highest BCUT2D eigenvalue weighted by Crippen LogP contribution is 2.38. The number of rotatable bonds is 3. The van der Waals surface area contributed by atoms with E-state index in [1.807, 2.05) is 29.2 Å². The summed E-state index contributed by atoms with van der Waals surface area (Å²) in [5.74, 6) is 0.129. The Hall–Kier alpha value is -1.91. The van der Waals surface area contributed by atoms with Crippen molar-refractivity contribution < 1.29 is 4.79 Å². The van der Waals surface area contributed by atoms with E-state index in [2.05, 4.69) is 22.0 Å². The quantitative estimate of drug-likeness (QED) is 0.820. The zero-order chi connectivity index (χ0) is 18.0. The molecule has 4 nitrogen and oxygen atoms in total. The zero-order valence-corrected chi connectivity index (χ0v) is 15.7. The van der Waals surface area contributed by atoms with Crippen LogP contribution in [0.4, 0.5) is 0 Å². The van der Waals surface area contributed by atoms with Crippen molar-refractivity contribution in [1.29, 1.82) is 0 Å². The summed E-state index contributed by atoms with van der Waals surface area (Å²) in [5.41, 5.74) is 2.13. The number of halogens is 1. The van der Waals surface area contributed by atoms with Crippen molar-refractivity contribution in [3.05, 3.63) is 64.9 Å². The summed E-state index contributed by atoms with van der Waals surface area (Å²) in [5, 5.41) is 0.775. The summed E-state index contributed by atoms with van der Waals surface area (Å²) < 4.78 is 0. The molecular weight excluding hydrogens is 346 g/mol. The number of hydrogen-bond acceptors (Lipinski definition) is 3. The first-order chi connectivity index (χ1) is 12.7. The summed E-state index contributed by atoms with van der Waals surface area (Å²) in [7, 11) is 0. The van der Waals surface area contributed by atoms with E-state index in [1.54, 1.807) is 12.4 Å². The van der Waals surface area contributed by atoms with E-state index in [0.29, 0.717) is 0 Å². The lowest BCUT2D eigenvalue weighted by atomic mass is 9.86. The van der Waals surface area contributed by atoms with Crippen molar-refractivity contribution in [1.82, 2.24) is 14.8 Å². The minimum atomic E-state index is 0.112. The third-order valence-electron chi connectivity index (χ3n) is 5.80. The van der Waals surface area contributed by atoms with Gasteiger partial charge >= 0.3 is 0 Å². The van der Waals surface area contributed by atoms with Crippen molar-refractivity contribution >= 4 is 17.5 Å². The fourth-order valence-electron chi connectivity index (χ4n) is 4.48. The predicted octanol–water partition coefficient (Wildman–Crippen LogP) is 4.01. The largest absolute Gasteiger partial charge is 0.337 e. The van der Waals surface area contributed by atoms with Crippen LogP contribution in [0.25, 0.3) is 0 Å². The Morgan fingerprint density at radius 2 is 1.73 bits per heavy atom. The maximum Gasteiger partial charge on any atom is 0.254 e. The van der Waals surface area contributed by atoms with E-state index >= 15 is 0 Å². The van der Waals surface area contributed by atoms with E-state index in [9.17, 15) is 4.79 Å². The second-order valence-corrected chi connectivity index (χ2v) is 7.88. The molecular formula is C21H24ClN3O. The highest BCUT2D eigenvalue weighted by atomic mass is 35.5. The zero-order valence-electron chi connectivity index (χ0n) is 14.9. The standard InChI is InChI=1S/C21H24ClN3O/c22-19-5-3-17(4-6-19)15-25-14-2-10-21(25)9-1-13-24(16-21)20(26)18-7-11-23-12-8-18/h3-8,11-12H,1-2,9-10,13-16H2. The van der Waals surface area contributed by atoms with Gasteiger partial charge in [-0.3, -0.25) is 14.7 Å². The van der Waals surface area contributed by atoms with Crippen LogP contribution in [-0.2, 0) is 6.54 Å². The first-order valence-corrected chi connectivity index (χ1v) is 9.73. The lowest BCUT2D eigenvalue weighted by molar-refractivity contribution is 0.0296. The van der Waals surface area contributed by atoms with Gasteiger partial charge in [0.1, 0.15) is 0 Å². The first-order valence-electron chi connectivity index (χ1n) is 9.35. The minimum Gasteiger partial charge on any atom is -0.337 e. The maximum absolute atomic E-state index is 12.9. The molecule has 0 bridgehead atoms. The molecule has 2 fully saturated rings. The van der Waals surface area contributed by atoms with Crippen molar-refractivity contribution in [2.24, 2.45) is 0 Å². The van der Waals surface area contributed by atoms with E-state index < -0.39 is 0 Å². The van der Waals surface area contributed by atoms with Gasteiger partial charge in [-0.15, -0.1) is 0 Å². The Morgan fingerprint density at radius 1 is 1.04 bits per heavy atom. The van der Waals surface area contributed by atoms with Gasteiger partial charge in [-0.2, -0.15) is 0 Å². The van der Waals surface area contributed by atoms with E-state index in [0.717, 1.165) is 43.2 Å². The number of likely N-dealkylation sites (tertiary alicyclic amines) is 2. The van der Waals surface area contributed by atoms with Crippen LogP contribution in [0.15, 0.2) is 48.8 Å². The van der Waals surface area contributed by atoms with Crippen LogP contribution in [-0.4, -0.2) is 45.9 Å². The summed E-state index contributed by atoms with van der Waals surface area (Å²) in [4.78, 5) is 21.6. The predicted molar refractivity (Wildman–Crippen MR) is 103 cm³/mol. The van der Waals surface area contributed by atoms with E-state index in [1.165, 1.54) is 24.8 Å². The Labute approximate surface area is 159 Å². The SMILES string of the molecule is O=C(c1ccncc1)N1CCCC2(CCCN2Cc2ccc(Cl)cc2)C1. The molecule has 1 amide bonds. The van der Waals surface area contributed by atoms with Crippen LogP contribution in [0, 0.1) is 0 Å². The van der Waals surface area contributed by atoms with Crippen molar-refractivity contribution in [3.63, 3.8) is 0 Å². The maximum atomic E-state index is 12.9. The smallest absolute Gasteiger partial charge is 0.254 e. The molecule has 0 radical (unpaired) electrons. The second-order valence-electron chi connectivity index (χ2n) is 7.44. The topological polar surface area (TPSA) is 36.4 Å². The van der Waals surface area contributed by atoms with Crippen LogP contribution in [0.1, 0.15) is 41.6 Å². The Morgan fingerprint density at radius 3 is 2.46 bits per heavy atom. The number of piperidine rings is 1. The molecule has 1 atom stereocenters. The minimum absolute atomic E-state index is 0.112. The van der Waals surface area contributed by atoms with E-state index in [4.69, 9.17) is 11.6 Å². The van der Waals surface area contributed by atoms with Crippen LogP contribution >= 0.6 is 11.6 Å².